The highest BCUT2D eigenvalue weighted by Gasteiger charge is 2.20. The summed E-state index contributed by atoms with van der Waals surface area (Å²) >= 11 is 1.20. The van der Waals surface area contributed by atoms with E-state index in [1.807, 2.05) is 13.8 Å². The zero-order valence-corrected chi connectivity index (χ0v) is 9.77. The van der Waals surface area contributed by atoms with Gasteiger partial charge in [-0.1, -0.05) is 0 Å². The molecule has 15 heavy (non-hydrogen) atoms. The van der Waals surface area contributed by atoms with Crippen LogP contribution in [-0.4, -0.2) is 19.1 Å². The van der Waals surface area contributed by atoms with Crippen molar-refractivity contribution in [1.29, 1.82) is 0 Å². The molecule has 0 radical (unpaired) electrons. The maximum absolute atomic E-state index is 11.1. The van der Waals surface area contributed by atoms with Gasteiger partial charge in [0.25, 0.3) is 5.91 Å². The number of amides is 1. The summed E-state index contributed by atoms with van der Waals surface area (Å²) in [6.45, 7) is 3.78. The smallest absolute Gasteiger partial charge is 0.261 e. The third-order valence-corrected chi connectivity index (χ3v) is 2.92. The molecule has 0 saturated heterocycles. The number of nitrogens with one attached hydrogen (secondary N) is 1. The largest absolute Gasteiger partial charge is 0.486 e. The first-order valence-corrected chi connectivity index (χ1v) is 5.35. The summed E-state index contributed by atoms with van der Waals surface area (Å²) in [5.74, 6) is -0.0288. The summed E-state index contributed by atoms with van der Waals surface area (Å²) in [5.41, 5.74) is 11.3. The number of rotatable bonds is 4. The van der Waals surface area contributed by atoms with Crippen molar-refractivity contribution in [2.24, 2.45) is 5.73 Å². The van der Waals surface area contributed by atoms with Crippen LogP contribution in [0, 0.1) is 0 Å². The van der Waals surface area contributed by atoms with Crippen molar-refractivity contribution in [1.82, 2.24) is 0 Å². The predicted octanol–water partition coefficient (Wildman–Crippen LogP) is 1.26. The van der Waals surface area contributed by atoms with Crippen molar-refractivity contribution in [3.05, 3.63) is 4.88 Å². The van der Waals surface area contributed by atoms with Gasteiger partial charge >= 0.3 is 0 Å². The molecule has 0 fully saturated rings. The highest BCUT2D eigenvalue weighted by Crippen LogP contribution is 2.42. The summed E-state index contributed by atoms with van der Waals surface area (Å²) in [5, 5.41) is 3.64. The predicted molar refractivity (Wildman–Crippen MR) is 62.6 cm³/mol. The van der Waals surface area contributed by atoms with Gasteiger partial charge in [0, 0.05) is 7.05 Å². The molecule has 84 valence electrons. The number of hydrogen-bond donors (Lipinski definition) is 3. The van der Waals surface area contributed by atoms with Crippen molar-refractivity contribution >= 4 is 27.9 Å². The molecule has 5 nitrogen and oxygen atoms in total. The lowest BCUT2D eigenvalue weighted by Crippen LogP contribution is -2.12. The number of ether oxygens (including phenoxy) is 1. The molecule has 6 heteroatoms. The second-order valence-corrected chi connectivity index (χ2v) is 4.30. The average Bonchev–Trinajstić information content (AvgIpc) is 2.43. The van der Waals surface area contributed by atoms with Gasteiger partial charge in [0.05, 0.1) is 6.10 Å². The number of primary amides is 1. The van der Waals surface area contributed by atoms with E-state index in [2.05, 4.69) is 5.32 Å². The van der Waals surface area contributed by atoms with Gasteiger partial charge in [0.15, 0.2) is 5.75 Å². The third-order valence-electron chi connectivity index (χ3n) is 1.70. The molecule has 0 aromatic carbocycles. The van der Waals surface area contributed by atoms with Gasteiger partial charge in [-0.15, -0.1) is 11.3 Å². The minimum Gasteiger partial charge on any atom is -0.486 e. The lowest BCUT2D eigenvalue weighted by Gasteiger charge is -2.10. The van der Waals surface area contributed by atoms with Crippen LogP contribution >= 0.6 is 11.3 Å². The molecule has 0 aliphatic heterocycles. The summed E-state index contributed by atoms with van der Waals surface area (Å²) in [6, 6.07) is 0. The van der Waals surface area contributed by atoms with Crippen LogP contribution in [0.3, 0.4) is 0 Å². The maximum atomic E-state index is 11.1. The Bertz CT molecular complexity index is 374. The number of nitrogen functional groups attached to an aromatic ring is 1. The minimum atomic E-state index is -0.535. The van der Waals surface area contributed by atoms with E-state index in [1.165, 1.54) is 11.3 Å². The number of carbonyl (C=O) groups is 1. The number of nitrogens with two attached hydrogens (primary N) is 2. The molecule has 0 aliphatic carbocycles. The van der Waals surface area contributed by atoms with Gasteiger partial charge in [-0.25, -0.2) is 0 Å². The van der Waals surface area contributed by atoms with Crippen molar-refractivity contribution in [2.45, 2.75) is 20.0 Å². The number of anilines is 2. The van der Waals surface area contributed by atoms with E-state index in [4.69, 9.17) is 16.2 Å². The van der Waals surface area contributed by atoms with Crippen LogP contribution in [0.5, 0.6) is 5.75 Å². The molecule has 1 amide bonds. The zero-order valence-electron chi connectivity index (χ0n) is 8.96. The third kappa shape index (κ3) is 2.33. The molecule has 1 aromatic rings. The first-order valence-electron chi connectivity index (χ1n) is 4.53. The summed E-state index contributed by atoms with van der Waals surface area (Å²) < 4.78 is 5.51. The lowest BCUT2D eigenvalue weighted by atomic mass is 10.3. The Hall–Kier alpha value is -1.43. The fourth-order valence-electron chi connectivity index (χ4n) is 1.13. The molecule has 1 rings (SSSR count). The molecular formula is C9H15N3O2S. The zero-order chi connectivity index (χ0) is 11.6. The van der Waals surface area contributed by atoms with E-state index in [9.17, 15) is 4.79 Å². The fourth-order valence-corrected chi connectivity index (χ4v) is 1.99. The molecule has 5 N–H and O–H groups in total. The molecule has 0 saturated carbocycles. The number of thiophene rings is 1. The Balaban J connectivity index is 3.17. The number of hydrogen-bond acceptors (Lipinski definition) is 5. The Morgan fingerprint density at radius 2 is 2.13 bits per heavy atom. The molecule has 0 spiro atoms. The Labute approximate surface area is 92.4 Å². The molecule has 1 heterocycles. The van der Waals surface area contributed by atoms with E-state index in [-0.39, 0.29) is 6.10 Å². The maximum Gasteiger partial charge on any atom is 0.261 e. The van der Waals surface area contributed by atoms with E-state index in [1.54, 1.807) is 7.05 Å². The van der Waals surface area contributed by atoms with Crippen LogP contribution < -0.4 is 21.5 Å². The Morgan fingerprint density at radius 3 is 2.53 bits per heavy atom. The molecule has 0 bridgehead atoms. The average molecular weight is 229 g/mol. The molecule has 0 unspecified atom stereocenters. The highest BCUT2D eigenvalue weighted by atomic mass is 32.1. The molecular weight excluding hydrogens is 214 g/mol. The van der Waals surface area contributed by atoms with E-state index in [0.29, 0.717) is 16.3 Å². The standard InChI is InChI=1S/C9H15N3O2S/c1-4(2)14-6-5(10)7(8(11)13)15-9(6)12-3/h4,12H,10H2,1-3H3,(H2,11,13). The topological polar surface area (TPSA) is 90.4 Å². The van der Waals surface area contributed by atoms with Crippen molar-refractivity contribution < 1.29 is 9.53 Å². The van der Waals surface area contributed by atoms with Gasteiger partial charge in [0.1, 0.15) is 15.6 Å². The fraction of sp³-hybridized carbons (Fsp3) is 0.444. The van der Waals surface area contributed by atoms with Gasteiger partial charge < -0.3 is 21.5 Å². The highest BCUT2D eigenvalue weighted by molar-refractivity contribution is 7.19. The second-order valence-electron chi connectivity index (χ2n) is 3.28. The van der Waals surface area contributed by atoms with E-state index < -0.39 is 5.91 Å². The Morgan fingerprint density at radius 1 is 1.53 bits per heavy atom. The van der Waals surface area contributed by atoms with E-state index in [0.717, 1.165) is 5.00 Å². The summed E-state index contributed by atoms with van der Waals surface area (Å²) in [6.07, 6.45) is -0.00488. The molecule has 0 atom stereocenters. The SMILES string of the molecule is CNc1sc(C(N)=O)c(N)c1OC(C)C. The van der Waals surface area contributed by atoms with Crippen LogP contribution in [0.2, 0.25) is 0 Å². The van der Waals surface area contributed by atoms with Gasteiger partial charge in [0.2, 0.25) is 0 Å². The summed E-state index contributed by atoms with van der Waals surface area (Å²) in [4.78, 5) is 11.4. The van der Waals surface area contributed by atoms with Crippen LogP contribution in [0.15, 0.2) is 0 Å². The normalized spacial score (nSPS) is 10.4. The minimum absolute atomic E-state index is 0.00488. The summed E-state index contributed by atoms with van der Waals surface area (Å²) in [7, 11) is 1.74. The molecule has 1 aromatic heterocycles. The monoisotopic (exact) mass is 229 g/mol. The van der Waals surface area contributed by atoms with Gasteiger partial charge in [-0.2, -0.15) is 0 Å². The first-order chi connectivity index (χ1) is 6.97. The molecule has 0 aliphatic rings. The van der Waals surface area contributed by atoms with Crippen LogP contribution in [-0.2, 0) is 0 Å². The second kappa shape index (κ2) is 4.39. The van der Waals surface area contributed by atoms with Crippen molar-refractivity contribution in [2.75, 3.05) is 18.1 Å². The number of carbonyl (C=O) groups excluding carboxylic acids is 1. The van der Waals surface area contributed by atoms with Crippen LogP contribution in [0.25, 0.3) is 0 Å². The quantitative estimate of drug-likeness (QED) is 0.725. The Kier molecular flexibility index (Phi) is 3.41. The van der Waals surface area contributed by atoms with Gasteiger partial charge in [-0.3, -0.25) is 4.79 Å². The van der Waals surface area contributed by atoms with Crippen molar-refractivity contribution in [3.63, 3.8) is 0 Å². The van der Waals surface area contributed by atoms with Crippen LogP contribution in [0.1, 0.15) is 23.5 Å². The van der Waals surface area contributed by atoms with Gasteiger partial charge in [-0.05, 0) is 13.8 Å². The lowest BCUT2D eigenvalue weighted by molar-refractivity contribution is 0.100. The first kappa shape index (κ1) is 11.6. The van der Waals surface area contributed by atoms with E-state index >= 15 is 0 Å². The van der Waals surface area contributed by atoms with Crippen molar-refractivity contribution in [3.8, 4) is 5.75 Å². The van der Waals surface area contributed by atoms with Crippen LogP contribution in [0.4, 0.5) is 10.7 Å².